The zero-order valence-corrected chi connectivity index (χ0v) is 7.63. The molecule has 4 heteroatoms. The molecule has 0 aromatic rings. The third-order valence-corrected chi connectivity index (χ3v) is 2.48. The molecule has 11 heavy (non-hydrogen) atoms. The highest BCUT2D eigenvalue weighted by molar-refractivity contribution is 7.44. The average Bonchev–Trinajstić information content (AvgIpc) is 1.98. The summed E-state index contributed by atoms with van der Waals surface area (Å²) >= 11 is 0. The summed E-state index contributed by atoms with van der Waals surface area (Å²) in [6.07, 6.45) is 5.00. The third kappa shape index (κ3) is 3.55. The standard InChI is InChI=1S/C7H12FO2P/c1-4-6(5-10-2)7(8)11(3)9/h1,6-7,11H,5H2,2-3H3. The molecular formula is C7H12FO2P. The van der Waals surface area contributed by atoms with Gasteiger partial charge in [-0.15, -0.1) is 6.42 Å². The molecule has 0 aliphatic heterocycles. The van der Waals surface area contributed by atoms with Crippen molar-refractivity contribution in [3.63, 3.8) is 0 Å². The molecule has 0 amide bonds. The molecule has 0 rings (SSSR count). The summed E-state index contributed by atoms with van der Waals surface area (Å²) in [4.78, 5) is 0. The Bertz CT molecular complexity index is 176. The first-order valence-corrected chi connectivity index (χ1v) is 5.21. The van der Waals surface area contributed by atoms with Crippen LogP contribution in [-0.4, -0.2) is 26.3 Å². The SMILES string of the molecule is C#CC(COC)C(F)[PH](C)=O. The van der Waals surface area contributed by atoms with Gasteiger partial charge in [-0.05, 0) is 6.66 Å². The fourth-order valence-electron chi connectivity index (χ4n) is 0.680. The van der Waals surface area contributed by atoms with Crippen LogP contribution in [0.2, 0.25) is 0 Å². The molecule has 0 saturated heterocycles. The van der Waals surface area contributed by atoms with Crippen molar-refractivity contribution in [3.8, 4) is 12.3 Å². The molecule has 0 bridgehead atoms. The van der Waals surface area contributed by atoms with E-state index in [4.69, 9.17) is 6.42 Å². The van der Waals surface area contributed by atoms with Crippen molar-refractivity contribution in [1.82, 2.24) is 0 Å². The number of terminal acetylenes is 1. The summed E-state index contributed by atoms with van der Waals surface area (Å²) in [5.41, 5.74) is 0. The van der Waals surface area contributed by atoms with Crippen LogP contribution < -0.4 is 0 Å². The van der Waals surface area contributed by atoms with Gasteiger partial charge < -0.3 is 9.30 Å². The summed E-state index contributed by atoms with van der Waals surface area (Å²) in [5.74, 6) is 0.127. The van der Waals surface area contributed by atoms with Crippen molar-refractivity contribution in [2.24, 2.45) is 5.92 Å². The van der Waals surface area contributed by atoms with Crippen molar-refractivity contribution in [2.45, 2.75) is 5.91 Å². The fraction of sp³-hybridized carbons (Fsp3) is 0.714. The van der Waals surface area contributed by atoms with Crippen LogP contribution in [0.3, 0.4) is 0 Å². The van der Waals surface area contributed by atoms with E-state index in [1.807, 2.05) is 0 Å². The summed E-state index contributed by atoms with van der Waals surface area (Å²) in [5, 5.41) is 0. The number of ether oxygens (including phenoxy) is 1. The number of alkyl halides is 1. The zero-order chi connectivity index (χ0) is 8.85. The highest BCUT2D eigenvalue weighted by atomic mass is 31.1. The van der Waals surface area contributed by atoms with E-state index < -0.39 is 19.6 Å². The molecule has 0 spiro atoms. The van der Waals surface area contributed by atoms with E-state index in [-0.39, 0.29) is 6.61 Å². The number of rotatable bonds is 4. The number of halogens is 1. The van der Waals surface area contributed by atoms with Gasteiger partial charge >= 0.3 is 0 Å². The summed E-state index contributed by atoms with van der Waals surface area (Å²) in [6, 6.07) is 0. The molecular weight excluding hydrogens is 166 g/mol. The van der Waals surface area contributed by atoms with Gasteiger partial charge in [-0.2, -0.15) is 0 Å². The van der Waals surface area contributed by atoms with Crippen LogP contribution >= 0.6 is 7.80 Å². The van der Waals surface area contributed by atoms with Gasteiger partial charge in [-0.25, -0.2) is 4.39 Å². The van der Waals surface area contributed by atoms with Crippen LogP contribution in [0, 0.1) is 18.3 Å². The topological polar surface area (TPSA) is 26.3 Å². The van der Waals surface area contributed by atoms with E-state index in [2.05, 4.69) is 10.7 Å². The molecule has 0 saturated carbocycles. The molecule has 0 aliphatic carbocycles. The highest BCUT2D eigenvalue weighted by Gasteiger charge is 2.21. The highest BCUT2D eigenvalue weighted by Crippen LogP contribution is 2.30. The van der Waals surface area contributed by atoms with E-state index in [1.165, 1.54) is 13.8 Å². The predicted molar refractivity (Wildman–Crippen MR) is 44.0 cm³/mol. The molecule has 0 radical (unpaired) electrons. The van der Waals surface area contributed by atoms with E-state index >= 15 is 0 Å². The number of hydrogen-bond acceptors (Lipinski definition) is 2. The first-order valence-electron chi connectivity index (χ1n) is 3.23. The molecule has 0 N–H and O–H groups in total. The molecule has 0 aliphatic rings. The van der Waals surface area contributed by atoms with E-state index in [0.717, 1.165) is 0 Å². The molecule has 0 aromatic heterocycles. The average molecular weight is 178 g/mol. The fourth-order valence-corrected chi connectivity index (χ4v) is 1.44. The Balaban J connectivity index is 4.05. The quantitative estimate of drug-likeness (QED) is 0.480. The second-order valence-corrected chi connectivity index (χ2v) is 4.01. The lowest BCUT2D eigenvalue weighted by Gasteiger charge is -2.11. The normalized spacial score (nSPS) is 18.4. The van der Waals surface area contributed by atoms with Crippen LogP contribution in [0.1, 0.15) is 0 Å². The third-order valence-electron chi connectivity index (χ3n) is 1.30. The van der Waals surface area contributed by atoms with Gasteiger partial charge in [0.15, 0.2) is 5.91 Å². The Hall–Kier alpha value is -0.320. The zero-order valence-electron chi connectivity index (χ0n) is 6.63. The van der Waals surface area contributed by atoms with E-state index in [9.17, 15) is 8.96 Å². The van der Waals surface area contributed by atoms with Crippen molar-refractivity contribution >= 4 is 7.80 Å². The Kier molecular flexibility index (Phi) is 5.19. The van der Waals surface area contributed by atoms with Crippen molar-refractivity contribution in [3.05, 3.63) is 0 Å². The molecule has 2 nitrogen and oxygen atoms in total. The summed E-state index contributed by atoms with van der Waals surface area (Å²) in [7, 11) is -0.750. The first-order chi connectivity index (χ1) is 5.13. The monoisotopic (exact) mass is 178 g/mol. The van der Waals surface area contributed by atoms with Gasteiger partial charge in [0.1, 0.15) is 7.80 Å². The van der Waals surface area contributed by atoms with Crippen molar-refractivity contribution in [1.29, 1.82) is 0 Å². The Morgan fingerprint density at radius 3 is 2.64 bits per heavy atom. The number of hydrogen-bond donors (Lipinski definition) is 0. The lowest BCUT2D eigenvalue weighted by atomic mass is 10.2. The van der Waals surface area contributed by atoms with Crippen LogP contribution in [0.5, 0.6) is 0 Å². The molecule has 3 atom stereocenters. The van der Waals surface area contributed by atoms with Gasteiger partial charge in [0.25, 0.3) is 0 Å². The van der Waals surface area contributed by atoms with Gasteiger partial charge in [-0.3, -0.25) is 0 Å². The minimum absolute atomic E-state index is 0.127. The summed E-state index contributed by atoms with van der Waals surface area (Å²) in [6.45, 7) is 1.48. The predicted octanol–water partition coefficient (Wildman–Crippen LogP) is 1.37. The van der Waals surface area contributed by atoms with Gasteiger partial charge in [0.05, 0.1) is 12.5 Å². The Morgan fingerprint density at radius 2 is 2.36 bits per heavy atom. The minimum atomic E-state index is -2.18. The van der Waals surface area contributed by atoms with Crippen molar-refractivity contribution < 1.29 is 13.7 Å². The van der Waals surface area contributed by atoms with Crippen LogP contribution in [0.25, 0.3) is 0 Å². The minimum Gasteiger partial charge on any atom is -0.383 e. The molecule has 64 valence electrons. The van der Waals surface area contributed by atoms with Gasteiger partial charge in [0.2, 0.25) is 0 Å². The molecule has 0 heterocycles. The number of methoxy groups -OCH3 is 1. The van der Waals surface area contributed by atoms with Gasteiger partial charge in [0, 0.05) is 7.11 Å². The second kappa shape index (κ2) is 5.35. The van der Waals surface area contributed by atoms with Crippen LogP contribution in [0.4, 0.5) is 4.39 Å². The van der Waals surface area contributed by atoms with Crippen LogP contribution in [0.15, 0.2) is 0 Å². The molecule has 0 fully saturated rings. The van der Waals surface area contributed by atoms with Crippen LogP contribution in [-0.2, 0) is 9.30 Å². The smallest absolute Gasteiger partial charge is 0.166 e. The van der Waals surface area contributed by atoms with Gasteiger partial charge in [-0.1, -0.05) is 5.92 Å². The maximum atomic E-state index is 12.9. The Labute approximate surface area is 66.9 Å². The summed E-state index contributed by atoms with van der Waals surface area (Å²) < 4.78 is 28.2. The molecule has 3 unspecified atom stereocenters. The maximum Gasteiger partial charge on any atom is 0.166 e. The van der Waals surface area contributed by atoms with Crippen molar-refractivity contribution in [2.75, 3.05) is 20.4 Å². The van der Waals surface area contributed by atoms with E-state index in [1.54, 1.807) is 0 Å². The maximum absolute atomic E-state index is 12.9. The van der Waals surface area contributed by atoms with E-state index in [0.29, 0.717) is 0 Å². The largest absolute Gasteiger partial charge is 0.383 e. The lowest BCUT2D eigenvalue weighted by Crippen LogP contribution is -2.15. The molecule has 0 aromatic carbocycles. The first kappa shape index (κ1) is 10.7. The lowest BCUT2D eigenvalue weighted by molar-refractivity contribution is 0.151. The Morgan fingerprint density at radius 1 is 1.82 bits per heavy atom. The second-order valence-electron chi connectivity index (χ2n) is 2.24.